The number of fused-ring (bicyclic) bond motifs is 1. The zero-order valence-electron chi connectivity index (χ0n) is 17.8. The lowest BCUT2D eigenvalue weighted by molar-refractivity contribution is -0.274. The summed E-state index contributed by atoms with van der Waals surface area (Å²) in [4.78, 5) is 13.9. The van der Waals surface area contributed by atoms with Crippen molar-refractivity contribution in [3.05, 3.63) is 60.3 Å². The Morgan fingerprint density at radius 3 is 2.79 bits per heavy atom. The molecule has 1 aliphatic heterocycles. The van der Waals surface area contributed by atoms with Crippen LogP contribution < -0.4 is 15.8 Å². The van der Waals surface area contributed by atoms with Crippen molar-refractivity contribution in [2.45, 2.75) is 37.9 Å². The quantitative estimate of drug-likeness (QED) is 0.463. The second-order valence-electron chi connectivity index (χ2n) is 8.04. The topological polar surface area (TPSA) is 92.8 Å². The number of alkyl halides is 3. The highest BCUT2D eigenvalue weighted by molar-refractivity contribution is 5.93. The lowest BCUT2D eigenvalue weighted by atomic mass is 10.1. The Labute approximate surface area is 188 Å². The van der Waals surface area contributed by atoms with Gasteiger partial charge in [0.15, 0.2) is 0 Å². The van der Waals surface area contributed by atoms with Gasteiger partial charge in [-0.1, -0.05) is 24.3 Å². The Morgan fingerprint density at radius 2 is 2.03 bits per heavy atom. The van der Waals surface area contributed by atoms with E-state index in [-0.39, 0.29) is 11.8 Å². The normalized spacial score (nSPS) is 17.9. The Morgan fingerprint density at radius 1 is 1.24 bits per heavy atom. The van der Waals surface area contributed by atoms with Gasteiger partial charge in [0.25, 0.3) is 0 Å². The lowest BCUT2D eigenvalue weighted by Crippen LogP contribution is -2.43. The van der Waals surface area contributed by atoms with Crippen molar-refractivity contribution in [2.24, 2.45) is 5.73 Å². The zero-order chi connectivity index (χ0) is 23.6. The summed E-state index contributed by atoms with van der Waals surface area (Å²) in [6, 6.07) is 12.2. The Bertz CT molecular complexity index is 1130. The Balaban J connectivity index is 1.42. The SMILES string of the molecule is NC(=O)n1cc(CCN2CCCC2C(O)Nc2cccc(OC(F)(F)F)c2)c2ccccc21. The molecule has 2 atom stereocenters. The molecule has 1 saturated heterocycles. The fourth-order valence-corrected chi connectivity index (χ4v) is 4.43. The number of primary amides is 1. The first-order valence-electron chi connectivity index (χ1n) is 10.6. The number of benzene rings is 2. The van der Waals surface area contributed by atoms with Crippen LogP contribution in [0.15, 0.2) is 54.7 Å². The van der Waals surface area contributed by atoms with Gasteiger partial charge in [-0.2, -0.15) is 0 Å². The van der Waals surface area contributed by atoms with Gasteiger partial charge in [-0.25, -0.2) is 4.79 Å². The average molecular weight is 462 g/mol. The van der Waals surface area contributed by atoms with E-state index in [1.54, 1.807) is 12.3 Å². The molecule has 0 aliphatic carbocycles. The van der Waals surface area contributed by atoms with Crippen LogP contribution in [-0.2, 0) is 6.42 Å². The van der Waals surface area contributed by atoms with Crippen LogP contribution in [0.2, 0.25) is 0 Å². The number of likely N-dealkylation sites (tertiary alicyclic amines) is 1. The molecule has 1 fully saturated rings. The van der Waals surface area contributed by atoms with Gasteiger partial charge in [-0.3, -0.25) is 9.47 Å². The molecule has 0 radical (unpaired) electrons. The molecular formula is C23H25F3N4O3. The van der Waals surface area contributed by atoms with Gasteiger partial charge in [0.1, 0.15) is 12.0 Å². The molecule has 3 aromatic rings. The standard InChI is InChI=1S/C23H25F3N4O3/c24-23(25,26)33-17-6-3-5-16(13-17)28-21(31)20-9-4-11-29(20)12-10-15-14-30(22(27)32)19-8-2-1-7-18(15)19/h1-3,5-8,13-14,20-21,28,31H,4,9-12H2,(H2,27,32). The van der Waals surface area contributed by atoms with E-state index in [1.807, 2.05) is 24.3 Å². The Kier molecular flexibility index (Phi) is 6.48. The fourth-order valence-electron chi connectivity index (χ4n) is 4.43. The second kappa shape index (κ2) is 9.32. The number of aliphatic hydroxyl groups is 1. The van der Waals surface area contributed by atoms with Gasteiger partial charge in [-0.15, -0.1) is 13.2 Å². The van der Waals surface area contributed by atoms with Crippen LogP contribution in [0.3, 0.4) is 0 Å². The predicted octanol–water partition coefficient (Wildman–Crippen LogP) is 3.90. The number of aliphatic hydroxyl groups excluding tert-OH is 1. The smallest absolute Gasteiger partial charge is 0.406 e. The summed E-state index contributed by atoms with van der Waals surface area (Å²) in [5.41, 5.74) is 7.56. The first-order chi connectivity index (χ1) is 15.7. The maximum atomic E-state index is 12.5. The van der Waals surface area contributed by atoms with E-state index in [4.69, 9.17) is 5.73 Å². The molecule has 2 aromatic carbocycles. The number of nitrogens with two attached hydrogens (primary N) is 1. The summed E-state index contributed by atoms with van der Waals surface area (Å²) in [6.45, 7) is 1.43. The molecule has 2 unspecified atom stereocenters. The first-order valence-corrected chi connectivity index (χ1v) is 10.6. The largest absolute Gasteiger partial charge is 0.573 e. The van der Waals surface area contributed by atoms with E-state index in [0.717, 1.165) is 35.9 Å². The number of amides is 1. The number of anilines is 1. The van der Waals surface area contributed by atoms with Crippen molar-refractivity contribution < 1.29 is 27.8 Å². The monoisotopic (exact) mass is 462 g/mol. The summed E-state index contributed by atoms with van der Waals surface area (Å²) in [6.07, 6.45) is -1.71. The van der Waals surface area contributed by atoms with Crippen molar-refractivity contribution in [1.82, 2.24) is 9.47 Å². The molecule has 33 heavy (non-hydrogen) atoms. The number of para-hydroxylation sites is 1. The van der Waals surface area contributed by atoms with Crippen LogP contribution >= 0.6 is 0 Å². The minimum absolute atomic E-state index is 0.207. The molecule has 10 heteroatoms. The zero-order valence-corrected chi connectivity index (χ0v) is 17.8. The van der Waals surface area contributed by atoms with Crippen molar-refractivity contribution in [3.63, 3.8) is 0 Å². The van der Waals surface area contributed by atoms with Crippen molar-refractivity contribution in [3.8, 4) is 5.75 Å². The van der Waals surface area contributed by atoms with E-state index >= 15 is 0 Å². The number of aromatic nitrogens is 1. The van der Waals surface area contributed by atoms with Crippen molar-refractivity contribution in [1.29, 1.82) is 0 Å². The van der Waals surface area contributed by atoms with Crippen LogP contribution in [-0.4, -0.2) is 52.3 Å². The highest BCUT2D eigenvalue weighted by Gasteiger charge is 2.32. The number of hydrogen-bond donors (Lipinski definition) is 3. The third kappa shape index (κ3) is 5.40. The Hall–Kier alpha value is -3.24. The highest BCUT2D eigenvalue weighted by atomic mass is 19.4. The van der Waals surface area contributed by atoms with Gasteiger partial charge in [-0.05, 0) is 49.6 Å². The van der Waals surface area contributed by atoms with E-state index < -0.39 is 18.6 Å². The van der Waals surface area contributed by atoms with Crippen molar-refractivity contribution >= 4 is 22.6 Å². The molecule has 4 rings (SSSR count). The lowest BCUT2D eigenvalue weighted by Gasteiger charge is -2.29. The number of hydrogen-bond acceptors (Lipinski definition) is 5. The first kappa shape index (κ1) is 22.9. The van der Waals surface area contributed by atoms with Crippen LogP contribution in [0, 0.1) is 0 Å². The average Bonchev–Trinajstić information content (AvgIpc) is 3.36. The van der Waals surface area contributed by atoms with E-state index in [1.165, 1.54) is 22.8 Å². The molecule has 0 saturated carbocycles. The summed E-state index contributed by atoms with van der Waals surface area (Å²) in [7, 11) is 0. The van der Waals surface area contributed by atoms with E-state index in [9.17, 15) is 23.1 Å². The number of carbonyl (C=O) groups is 1. The minimum atomic E-state index is -4.78. The molecule has 0 bridgehead atoms. The van der Waals surface area contributed by atoms with Crippen LogP contribution in [0.25, 0.3) is 10.9 Å². The number of nitrogens with one attached hydrogen (secondary N) is 1. The van der Waals surface area contributed by atoms with Gasteiger partial charge in [0.2, 0.25) is 0 Å². The van der Waals surface area contributed by atoms with Crippen LogP contribution in [0.4, 0.5) is 23.7 Å². The summed E-state index contributed by atoms with van der Waals surface area (Å²) >= 11 is 0. The molecule has 1 amide bonds. The molecule has 0 spiro atoms. The van der Waals surface area contributed by atoms with E-state index in [0.29, 0.717) is 18.7 Å². The van der Waals surface area contributed by atoms with E-state index in [2.05, 4.69) is 15.0 Å². The molecule has 176 valence electrons. The van der Waals surface area contributed by atoms with Crippen molar-refractivity contribution in [2.75, 3.05) is 18.4 Å². The van der Waals surface area contributed by atoms with Gasteiger partial charge in [0.05, 0.1) is 11.6 Å². The number of nitrogens with zero attached hydrogens (tertiary/aromatic N) is 2. The van der Waals surface area contributed by atoms with Gasteiger partial charge < -0.3 is 20.9 Å². The molecule has 1 aliphatic rings. The van der Waals surface area contributed by atoms with Crippen LogP contribution in [0.1, 0.15) is 18.4 Å². The molecule has 4 N–H and O–H groups in total. The second-order valence-corrected chi connectivity index (χ2v) is 8.04. The fraction of sp³-hybridized carbons (Fsp3) is 0.348. The maximum Gasteiger partial charge on any atom is 0.573 e. The third-order valence-corrected chi connectivity index (χ3v) is 5.86. The maximum absolute atomic E-state index is 12.5. The van der Waals surface area contributed by atoms with Gasteiger partial charge in [0, 0.05) is 29.9 Å². The number of carbonyl (C=O) groups excluding carboxylic acids is 1. The minimum Gasteiger partial charge on any atom is -0.406 e. The number of ether oxygens (including phenoxy) is 1. The summed E-state index contributed by atoms with van der Waals surface area (Å²) in [5, 5.41) is 14.6. The van der Waals surface area contributed by atoms with Gasteiger partial charge >= 0.3 is 12.4 Å². The predicted molar refractivity (Wildman–Crippen MR) is 118 cm³/mol. The summed E-state index contributed by atoms with van der Waals surface area (Å²) < 4.78 is 42.8. The number of rotatable bonds is 7. The van der Waals surface area contributed by atoms with Crippen LogP contribution in [0.5, 0.6) is 5.75 Å². The summed E-state index contributed by atoms with van der Waals surface area (Å²) in [5.74, 6) is -0.353. The molecule has 1 aromatic heterocycles. The molecule has 7 nitrogen and oxygen atoms in total. The third-order valence-electron chi connectivity index (χ3n) is 5.86. The molecular weight excluding hydrogens is 437 g/mol. The molecule has 2 heterocycles. The highest BCUT2D eigenvalue weighted by Crippen LogP contribution is 2.28. The number of halogens is 3.